The molecule has 0 radical (unpaired) electrons. The number of rotatable bonds is 4. The highest BCUT2D eigenvalue weighted by Gasteiger charge is 2.30. The maximum Gasteiger partial charge on any atom is 0.151 e. The Kier molecular flexibility index (Phi) is 3.87. The second-order valence-corrected chi connectivity index (χ2v) is 7.10. The van der Waals surface area contributed by atoms with E-state index in [1.165, 1.54) is 0 Å². The molecule has 2 rings (SSSR count). The molecule has 3 atom stereocenters. The van der Waals surface area contributed by atoms with Crippen molar-refractivity contribution in [3.8, 4) is 0 Å². The van der Waals surface area contributed by atoms with Crippen LogP contribution in [0.2, 0.25) is 0 Å². The molecule has 0 saturated carbocycles. The Morgan fingerprint density at radius 2 is 2.19 bits per heavy atom. The molecule has 2 saturated heterocycles. The van der Waals surface area contributed by atoms with Crippen LogP contribution in [0.4, 0.5) is 0 Å². The molecule has 0 amide bonds. The molecule has 4 nitrogen and oxygen atoms in total. The fourth-order valence-corrected chi connectivity index (χ4v) is 4.36. The molecule has 94 valence electrons. The van der Waals surface area contributed by atoms with E-state index in [0.29, 0.717) is 23.5 Å². The first-order valence-electron chi connectivity index (χ1n) is 6.16. The van der Waals surface area contributed by atoms with Gasteiger partial charge >= 0.3 is 0 Å². The van der Waals surface area contributed by atoms with Crippen molar-refractivity contribution < 1.29 is 13.2 Å². The van der Waals surface area contributed by atoms with Gasteiger partial charge in [-0.3, -0.25) is 0 Å². The minimum absolute atomic E-state index is 0.170. The molecule has 2 heterocycles. The Bertz CT molecular complexity index is 328. The van der Waals surface area contributed by atoms with Crippen molar-refractivity contribution in [1.29, 1.82) is 0 Å². The quantitative estimate of drug-likeness (QED) is 0.789. The average molecular weight is 247 g/mol. The summed E-state index contributed by atoms with van der Waals surface area (Å²) in [5.41, 5.74) is 0. The van der Waals surface area contributed by atoms with E-state index in [0.717, 1.165) is 32.4 Å². The summed E-state index contributed by atoms with van der Waals surface area (Å²) in [7, 11) is -2.75. The third-order valence-electron chi connectivity index (χ3n) is 3.65. The topological polar surface area (TPSA) is 55.4 Å². The van der Waals surface area contributed by atoms with Crippen LogP contribution in [0, 0.1) is 5.92 Å². The van der Waals surface area contributed by atoms with Crippen LogP contribution in [-0.4, -0.2) is 45.2 Å². The molecule has 0 aromatic rings. The lowest BCUT2D eigenvalue weighted by Crippen LogP contribution is -2.36. The third-order valence-corrected chi connectivity index (χ3v) is 5.42. The second-order valence-electron chi connectivity index (χ2n) is 4.87. The van der Waals surface area contributed by atoms with Gasteiger partial charge in [-0.25, -0.2) is 8.42 Å². The van der Waals surface area contributed by atoms with Gasteiger partial charge in [-0.05, 0) is 25.2 Å². The molecule has 2 aliphatic rings. The van der Waals surface area contributed by atoms with Crippen LogP contribution in [0.25, 0.3) is 0 Å². The normalized spacial score (nSPS) is 37.9. The molecular weight excluding hydrogens is 226 g/mol. The average Bonchev–Trinajstić information content (AvgIpc) is 2.81. The largest absolute Gasteiger partial charge is 0.378 e. The van der Waals surface area contributed by atoms with Gasteiger partial charge < -0.3 is 10.1 Å². The Morgan fingerprint density at radius 1 is 1.38 bits per heavy atom. The maximum atomic E-state index is 11.3. The van der Waals surface area contributed by atoms with E-state index in [2.05, 4.69) is 12.2 Å². The summed E-state index contributed by atoms with van der Waals surface area (Å²) in [5, 5.41) is 3.38. The molecule has 2 fully saturated rings. The first-order chi connectivity index (χ1) is 7.61. The maximum absolute atomic E-state index is 11.3. The van der Waals surface area contributed by atoms with Crippen molar-refractivity contribution in [3.63, 3.8) is 0 Å². The predicted octanol–water partition coefficient (Wildman–Crippen LogP) is 0.578. The van der Waals surface area contributed by atoms with Crippen molar-refractivity contribution in [2.24, 2.45) is 5.92 Å². The minimum atomic E-state index is -2.75. The van der Waals surface area contributed by atoms with Gasteiger partial charge in [0.05, 0.1) is 17.6 Å². The summed E-state index contributed by atoms with van der Waals surface area (Å²) in [6, 6.07) is 0.170. The molecule has 0 aromatic carbocycles. The lowest BCUT2D eigenvalue weighted by molar-refractivity contribution is 0.0868. The van der Waals surface area contributed by atoms with E-state index < -0.39 is 9.84 Å². The second kappa shape index (κ2) is 5.02. The smallest absolute Gasteiger partial charge is 0.151 e. The van der Waals surface area contributed by atoms with E-state index in [1.54, 1.807) is 0 Å². The van der Waals surface area contributed by atoms with Crippen LogP contribution >= 0.6 is 0 Å². The van der Waals surface area contributed by atoms with E-state index in [4.69, 9.17) is 4.74 Å². The highest BCUT2D eigenvalue weighted by Crippen LogP contribution is 2.23. The van der Waals surface area contributed by atoms with Crippen LogP contribution in [0.3, 0.4) is 0 Å². The van der Waals surface area contributed by atoms with Gasteiger partial charge in [-0.15, -0.1) is 0 Å². The Balaban J connectivity index is 1.76. The number of hydrogen-bond donors (Lipinski definition) is 1. The van der Waals surface area contributed by atoms with E-state index in [1.807, 2.05) is 0 Å². The van der Waals surface area contributed by atoms with Gasteiger partial charge in [0, 0.05) is 19.2 Å². The standard InChI is InChI=1S/C11H21NO3S/c1-2-11-9(3-5-15-11)7-12-10-4-6-16(13,14)8-10/h9-12H,2-8H2,1H3. The van der Waals surface area contributed by atoms with E-state index in [-0.39, 0.29) is 6.04 Å². The van der Waals surface area contributed by atoms with Crippen molar-refractivity contribution in [2.75, 3.05) is 24.7 Å². The Morgan fingerprint density at radius 3 is 2.81 bits per heavy atom. The zero-order chi connectivity index (χ0) is 11.6. The van der Waals surface area contributed by atoms with Crippen molar-refractivity contribution >= 4 is 9.84 Å². The van der Waals surface area contributed by atoms with Gasteiger partial charge in [0.2, 0.25) is 0 Å². The molecular formula is C11H21NO3S. The minimum Gasteiger partial charge on any atom is -0.378 e. The summed E-state index contributed by atoms with van der Waals surface area (Å²) in [6.45, 7) is 3.90. The highest BCUT2D eigenvalue weighted by molar-refractivity contribution is 7.91. The molecule has 2 aliphatic heterocycles. The molecule has 0 spiro atoms. The summed E-state index contributed by atoms with van der Waals surface area (Å²) in [5.74, 6) is 1.23. The molecule has 0 bridgehead atoms. The van der Waals surface area contributed by atoms with E-state index >= 15 is 0 Å². The van der Waals surface area contributed by atoms with Crippen LogP contribution < -0.4 is 5.32 Å². The fraction of sp³-hybridized carbons (Fsp3) is 1.00. The van der Waals surface area contributed by atoms with E-state index in [9.17, 15) is 8.42 Å². The molecule has 5 heteroatoms. The Labute approximate surface area is 97.7 Å². The van der Waals surface area contributed by atoms with Crippen LogP contribution in [0.5, 0.6) is 0 Å². The van der Waals surface area contributed by atoms with Crippen molar-refractivity contribution in [1.82, 2.24) is 5.32 Å². The van der Waals surface area contributed by atoms with Crippen molar-refractivity contribution in [2.45, 2.75) is 38.3 Å². The first-order valence-corrected chi connectivity index (χ1v) is 7.98. The summed E-state index contributed by atoms with van der Waals surface area (Å²) < 4.78 is 28.2. The zero-order valence-corrected chi connectivity index (χ0v) is 10.6. The molecule has 0 aliphatic carbocycles. The molecule has 1 N–H and O–H groups in total. The Hall–Kier alpha value is -0.130. The zero-order valence-electron chi connectivity index (χ0n) is 9.81. The van der Waals surface area contributed by atoms with Crippen molar-refractivity contribution in [3.05, 3.63) is 0 Å². The summed E-state index contributed by atoms with van der Waals surface area (Å²) >= 11 is 0. The lowest BCUT2D eigenvalue weighted by Gasteiger charge is -2.19. The molecule has 16 heavy (non-hydrogen) atoms. The lowest BCUT2D eigenvalue weighted by atomic mass is 9.99. The predicted molar refractivity (Wildman–Crippen MR) is 63.2 cm³/mol. The van der Waals surface area contributed by atoms with Crippen LogP contribution in [0.1, 0.15) is 26.2 Å². The van der Waals surface area contributed by atoms with Crippen LogP contribution in [0.15, 0.2) is 0 Å². The highest BCUT2D eigenvalue weighted by atomic mass is 32.2. The van der Waals surface area contributed by atoms with Gasteiger partial charge in [-0.1, -0.05) is 6.92 Å². The van der Waals surface area contributed by atoms with Crippen LogP contribution in [-0.2, 0) is 14.6 Å². The number of nitrogens with one attached hydrogen (secondary N) is 1. The van der Waals surface area contributed by atoms with Gasteiger partial charge in [0.25, 0.3) is 0 Å². The molecule has 0 aromatic heterocycles. The number of ether oxygens (including phenoxy) is 1. The fourth-order valence-electron chi connectivity index (χ4n) is 2.65. The SMILES string of the molecule is CCC1OCCC1CNC1CCS(=O)(=O)C1. The van der Waals surface area contributed by atoms with Gasteiger partial charge in [0.1, 0.15) is 0 Å². The molecule has 3 unspecified atom stereocenters. The third kappa shape index (κ3) is 2.96. The summed E-state index contributed by atoms with van der Waals surface area (Å²) in [6.07, 6.45) is 3.29. The van der Waals surface area contributed by atoms with Gasteiger partial charge in [0.15, 0.2) is 9.84 Å². The van der Waals surface area contributed by atoms with Gasteiger partial charge in [-0.2, -0.15) is 0 Å². The number of hydrogen-bond acceptors (Lipinski definition) is 4. The monoisotopic (exact) mass is 247 g/mol. The first kappa shape index (κ1) is 12.3. The number of sulfone groups is 1. The summed E-state index contributed by atoms with van der Waals surface area (Å²) in [4.78, 5) is 0.